The summed E-state index contributed by atoms with van der Waals surface area (Å²) in [7, 11) is 0. The van der Waals surface area contributed by atoms with Crippen LogP contribution in [0.5, 0.6) is 0 Å². The summed E-state index contributed by atoms with van der Waals surface area (Å²) in [5.41, 5.74) is -0.0873. The van der Waals surface area contributed by atoms with Crippen molar-refractivity contribution >= 4 is 17.3 Å². The molecule has 0 amide bonds. The minimum absolute atomic E-state index is 0.326. The topological polar surface area (TPSA) is 26.3 Å². The Labute approximate surface area is 94.6 Å². The van der Waals surface area contributed by atoms with Gasteiger partial charge in [0.1, 0.15) is 5.60 Å². The van der Waals surface area contributed by atoms with Crippen LogP contribution in [0.4, 0.5) is 0 Å². The van der Waals surface area contributed by atoms with E-state index in [1.165, 1.54) is 0 Å². The molecule has 1 unspecified atom stereocenters. The summed E-state index contributed by atoms with van der Waals surface area (Å²) in [6.07, 6.45) is 0.756. The maximum atomic E-state index is 11.5. The molecule has 0 aliphatic heterocycles. The van der Waals surface area contributed by atoms with Gasteiger partial charge in [-0.05, 0) is 31.7 Å². The molecule has 0 aromatic carbocycles. The van der Waals surface area contributed by atoms with Crippen LogP contribution in [-0.2, 0) is 15.1 Å². The van der Waals surface area contributed by atoms with Gasteiger partial charge in [-0.1, -0.05) is 19.6 Å². The van der Waals surface area contributed by atoms with Gasteiger partial charge in [-0.2, -0.15) is 0 Å². The van der Waals surface area contributed by atoms with E-state index < -0.39 is 5.60 Å². The normalized spacial score (nSPS) is 14.3. The Morgan fingerprint density at radius 1 is 1.67 bits per heavy atom. The molecule has 0 bridgehead atoms. The lowest BCUT2D eigenvalue weighted by Gasteiger charge is -2.27. The number of hydrogen-bond acceptors (Lipinski definition) is 3. The summed E-state index contributed by atoms with van der Waals surface area (Å²) in [6.45, 7) is 9.18. The highest BCUT2D eigenvalue weighted by Gasteiger charge is 2.30. The Bertz CT molecular complexity index is 354. The number of ether oxygens (including phenoxy) is 1. The maximum absolute atomic E-state index is 11.5. The van der Waals surface area contributed by atoms with E-state index in [0.717, 1.165) is 11.3 Å². The van der Waals surface area contributed by atoms with Crippen molar-refractivity contribution < 1.29 is 9.53 Å². The van der Waals surface area contributed by atoms with Gasteiger partial charge in [0.2, 0.25) is 0 Å². The van der Waals surface area contributed by atoms with Crippen molar-refractivity contribution in [3.05, 3.63) is 34.5 Å². The molecule has 15 heavy (non-hydrogen) atoms. The summed E-state index contributed by atoms with van der Waals surface area (Å²) in [5, 5.41) is 1.98. The molecule has 1 aromatic rings. The fourth-order valence-electron chi connectivity index (χ4n) is 1.17. The van der Waals surface area contributed by atoms with E-state index in [1.54, 1.807) is 18.3 Å². The van der Waals surface area contributed by atoms with Gasteiger partial charge in [0, 0.05) is 10.5 Å². The van der Waals surface area contributed by atoms with Gasteiger partial charge in [-0.3, -0.25) is 0 Å². The van der Waals surface area contributed by atoms with Crippen LogP contribution in [-0.4, -0.2) is 5.97 Å². The first-order chi connectivity index (χ1) is 6.99. The number of carbonyl (C=O) groups is 1. The minimum Gasteiger partial charge on any atom is -0.450 e. The molecule has 0 radical (unpaired) electrons. The van der Waals surface area contributed by atoms with Crippen LogP contribution >= 0.6 is 11.3 Å². The molecule has 0 N–H and O–H groups in total. The Morgan fingerprint density at radius 2 is 2.33 bits per heavy atom. The van der Waals surface area contributed by atoms with Crippen molar-refractivity contribution in [1.29, 1.82) is 0 Å². The Hall–Kier alpha value is -1.09. The third-order valence-electron chi connectivity index (χ3n) is 2.38. The summed E-state index contributed by atoms with van der Waals surface area (Å²) in [4.78, 5) is 12.6. The van der Waals surface area contributed by atoms with Crippen LogP contribution in [0, 0.1) is 0 Å². The van der Waals surface area contributed by atoms with E-state index in [-0.39, 0.29) is 5.97 Å². The molecule has 1 aromatic heterocycles. The van der Waals surface area contributed by atoms with Gasteiger partial charge in [0.05, 0.1) is 0 Å². The summed E-state index contributed by atoms with van der Waals surface area (Å²) >= 11 is 1.60. The SMILES string of the molecule is C=C(C)C(=O)OC(C)(CC)c1cccs1. The molecule has 0 fully saturated rings. The number of carbonyl (C=O) groups excluding carboxylic acids is 1. The number of esters is 1. The fraction of sp³-hybridized carbons (Fsp3) is 0.417. The first kappa shape index (κ1) is 12.0. The van der Waals surface area contributed by atoms with Crippen molar-refractivity contribution in [2.45, 2.75) is 32.8 Å². The average Bonchev–Trinajstić information content (AvgIpc) is 2.70. The first-order valence-corrected chi connectivity index (χ1v) is 5.80. The van der Waals surface area contributed by atoms with E-state index in [4.69, 9.17) is 4.74 Å². The van der Waals surface area contributed by atoms with Gasteiger partial charge < -0.3 is 4.74 Å². The van der Waals surface area contributed by atoms with Gasteiger partial charge in [-0.15, -0.1) is 11.3 Å². The lowest BCUT2D eigenvalue weighted by Crippen LogP contribution is -2.27. The van der Waals surface area contributed by atoms with Gasteiger partial charge in [0.15, 0.2) is 0 Å². The van der Waals surface area contributed by atoms with Crippen molar-refractivity contribution in [3.63, 3.8) is 0 Å². The standard InChI is InChI=1S/C12H16O2S/c1-5-12(4,10-7-6-8-15-10)14-11(13)9(2)3/h6-8H,2,5H2,1,3-4H3. The summed E-state index contributed by atoms with van der Waals surface area (Å²) < 4.78 is 5.46. The zero-order valence-electron chi connectivity index (χ0n) is 9.37. The van der Waals surface area contributed by atoms with Crippen LogP contribution in [0.15, 0.2) is 29.7 Å². The van der Waals surface area contributed by atoms with E-state index >= 15 is 0 Å². The molecule has 0 saturated carbocycles. The second-order valence-corrected chi connectivity index (χ2v) is 4.68. The first-order valence-electron chi connectivity index (χ1n) is 4.92. The smallest absolute Gasteiger partial charge is 0.334 e. The van der Waals surface area contributed by atoms with Crippen molar-refractivity contribution in [2.24, 2.45) is 0 Å². The lowest BCUT2D eigenvalue weighted by atomic mass is 10.0. The average molecular weight is 224 g/mol. The third-order valence-corrected chi connectivity index (χ3v) is 3.50. The highest BCUT2D eigenvalue weighted by Crippen LogP contribution is 2.32. The summed E-state index contributed by atoms with van der Waals surface area (Å²) in [6, 6.07) is 3.95. The number of hydrogen-bond donors (Lipinski definition) is 0. The predicted molar refractivity (Wildman–Crippen MR) is 62.9 cm³/mol. The van der Waals surface area contributed by atoms with E-state index in [9.17, 15) is 4.79 Å². The van der Waals surface area contributed by atoms with E-state index in [1.807, 2.05) is 31.4 Å². The molecule has 3 heteroatoms. The van der Waals surface area contributed by atoms with Gasteiger partial charge in [-0.25, -0.2) is 4.79 Å². The van der Waals surface area contributed by atoms with Crippen LogP contribution in [0.1, 0.15) is 32.1 Å². The van der Waals surface area contributed by atoms with Crippen molar-refractivity contribution in [2.75, 3.05) is 0 Å². The Kier molecular flexibility index (Phi) is 3.69. The van der Waals surface area contributed by atoms with E-state index in [0.29, 0.717) is 5.57 Å². The molecule has 82 valence electrons. The zero-order valence-corrected chi connectivity index (χ0v) is 10.2. The molecule has 2 nitrogen and oxygen atoms in total. The minimum atomic E-state index is -0.524. The second-order valence-electron chi connectivity index (χ2n) is 3.73. The second kappa shape index (κ2) is 4.62. The number of rotatable bonds is 4. The molecule has 1 rings (SSSR count). The molecule has 1 atom stereocenters. The zero-order chi connectivity index (χ0) is 11.5. The largest absolute Gasteiger partial charge is 0.450 e. The monoisotopic (exact) mass is 224 g/mol. The van der Waals surface area contributed by atoms with Crippen molar-refractivity contribution in [1.82, 2.24) is 0 Å². The lowest BCUT2D eigenvalue weighted by molar-refractivity contribution is -0.154. The van der Waals surface area contributed by atoms with Crippen LogP contribution in [0.25, 0.3) is 0 Å². The van der Waals surface area contributed by atoms with Crippen LogP contribution < -0.4 is 0 Å². The maximum Gasteiger partial charge on any atom is 0.334 e. The van der Waals surface area contributed by atoms with Gasteiger partial charge in [0.25, 0.3) is 0 Å². The molecule has 1 heterocycles. The third kappa shape index (κ3) is 2.69. The molecule has 0 spiro atoms. The molecule has 0 saturated heterocycles. The van der Waals surface area contributed by atoms with Gasteiger partial charge >= 0.3 is 5.97 Å². The Balaban J connectivity index is 2.87. The number of thiophene rings is 1. The fourth-order valence-corrected chi connectivity index (χ4v) is 2.06. The van der Waals surface area contributed by atoms with Crippen molar-refractivity contribution in [3.8, 4) is 0 Å². The van der Waals surface area contributed by atoms with Crippen LogP contribution in [0.2, 0.25) is 0 Å². The molecular formula is C12H16O2S. The highest BCUT2D eigenvalue weighted by molar-refractivity contribution is 7.10. The van der Waals surface area contributed by atoms with E-state index in [2.05, 4.69) is 6.58 Å². The molecule has 0 aliphatic carbocycles. The molecular weight excluding hydrogens is 208 g/mol. The highest BCUT2D eigenvalue weighted by atomic mass is 32.1. The Morgan fingerprint density at radius 3 is 2.73 bits per heavy atom. The molecule has 0 aliphatic rings. The summed E-state index contributed by atoms with van der Waals surface area (Å²) in [5.74, 6) is -0.326. The predicted octanol–water partition coefficient (Wildman–Crippen LogP) is 3.49. The van der Waals surface area contributed by atoms with Crippen LogP contribution in [0.3, 0.4) is 0 Å². The quantitative estimate of drug-likeness (QED) is 0.578.